The highest BCUT2D eigenvalue weighted by Gasteiger charge is 2.15. The van der Waals surface area contributed by atoms with Crippen LogP contribution in [0.4, 0.5) is 0 Å². The van der Waals surface area contributed by atoms with Gasteiger partial charge in [0.2, 0.25) is 0 Å². The van der Waals surface area contributed by atoms with Crippen LogP contribution in [-0.2, 0) is 6.54 Å². The lowest BCUT2D eigenvalue weighted by Crippen LogP contribution is -2.26. The van der Waals surface area contributed by atoms with E-state index < -0.39 is 0 Å². The minimum absolute atomic E-state index is 0.0114. The second kappa shape index (κ2) is 7.18. The molecule has 122 valence electrons. The zero-order valence-electron chi connectivity index (χ0n) is 14.3. The fourth-order valence-corrected chi connectivity index (χ4v) is 2.58. The van der Waals surface area contributed by atoms with Gasteiger partial charge in [0.1, 0.15) is 0 Å². The maximum atomic E-state index is 12.6. The van der Waals surface area contributed by atoms with Gasteiger partial charge >= 0.3 is 0 Å². The lowest BCUT2D eigenvalue weighted by molar-refractivity contribution is 0.0784. The lowest BCUT2D eigenvalue weighted by atomic mass is 10.0. The zero-order chi connectivity index (χ0) is 17.0. The Balaban J connectivity index is 2.18. The molecule has 2 aromatic carbocycles. The Morgan fingerprint density at radius 2 is 1.70 bits per heavy atom. The number of nitrogens with zero attached hydrogens (tertiary/aromatic N) is 1. The summed E-state index contributed by atoms with van der Waals surface area (Å²) in [6, 6.07) is 11.6. The number of aryl methyl sites for hydroxylation is 2. The van der Waals surface area contributed by atoms with E-state index in [0.29, 0.717) is 18.0 Å². The van der Waals surface area contributed by atoms with Gasteiger partial charge in [-0.3, -0.25) is 4.79 Å². The van der Waals surface area contributed by atoms with Crippen LogP contribution in [0.15, 0.2) is 36.4 Å². The van der Waals surface area contributed by atoms with Crippen molar-refractivity contribution in [2.45, 2.75) is 20.4 Å². The van der Waals surface area contributed by atoms with E-state index in [4.69, 9.17) is 9.47 Å². The Bertz CT molecular complexity index is 710. The average Bonchev–Trinajstić information content (AvgIpc) is 2.54. The quantitative estimate of drug-likeness (QED) is 0.846. The fourth-order valence-electron chi connectivity index (χ4n) is 2.58. The number of ether oxygens (including phenoxy) is 2. The molecule has 4 heteroatoms. The van der Waals surface area contributed by atoms with Crippen molar-refractivity contribution in [2.24, 2.45) is 0 Å². The zero-order valence-corrected chi connectivity index (χ0v) is 14.3. The highest BCUT2D eigenvalue weighted by molar-refractivity contribution is 5.95. The molecule has 0 heterocycles. The third-order valence-corrected chi connectivity index (χ3v) is 3.83. The van der Waals surface area contributed by atoms with Gasteiger partial charge in [-0.2, -0.15) is 0 Å². The monoisotopic (exact) mass is 313 g/mol. The van der Waals surface area contributed by atoms with E-state index >= 15 is 0 Å². The van der Waals surface area contributed by atoms with Gasteiger partial charge in [0.05, 0.1) is 14.2 Å². The summed E-state index contributed by atoms with van der Waals surface area (Å²) in [4.78, 5) is 14.3. The molecular weight excluding hydrogens is 290 g/mol. The van der Waals surface area contributed by atoms with Crippen LogP contribution in [0.25, 0.3) is 0 Å². The Morgan fingerprint density at radius 1 is 1.00 bits per heavy atom. The van der Waals surface area contributed by atoms with E-state index in [2.05, 4.69) is 0 Å². The van der Waals surface area contributed by atoms with Gasteiger partial charge < -0.3 is 14.4 Å². The second-order valence-electron chi connectivity index (χ2n) is 5.67. The summed E-state index contributed by atoms with van der Waals surface area (Å²) in [7, 11) is 5.01. The molecule has 1 amide bonds. The Labute approximate surface area is 137 Å². The smallest absolute Gasteiger partial charge is 0.254 e. The van der Waals surface area contributed by atoms with Crippen molar-refractivity contribution in [3.05, 3.63) is 58.7 Å². The number of hydrogen-bond donors (Lipinski definition) is 0. The van der Waals surface area contributed by atoms with Gasteiger partial charge in [-0.15, -0.1) is 0 Å². The summed E-state index contributed by atoms with van der Waals surface area (Å²) in [5, 5.41) is 0. The summed E-state index contributed by atoms with van der Waals surface area (Å²) in [6.45, 7) is 4.49. The van der Waals surface area contributed by atoms with E-state index in [-0.39, 0.29) is 5.91 Å². The number of methoxy groups -OCH3 is 2. The van der Waals surface area contributed by atoms with Crippen molar-refractivity contribution < 1.29 is 14.3 Å². The minimum atomic E-state index is 0.0114. The van der Waals surface area contributed by atoms with Crippen molar-refractivity contribution >= 4 is 5.91 Å². The van der Waals surface area contributed by atoms with Crippen molar-refractivity contribution in [1.82, 2.24) is 4.90 Å². The van der Waals surface area contributed by atoms with E-state index in [1.807, 2.05) is 50.2 Å². The normalized spacial score (nSPS) is 10.3. The first-order valence-corrected chi connectivity index (χ1v) is 7.50. The average molecular weight is 313 g/mol. The number of carbonyl (C=O) groups excluding carboxylic acids is 1. The molecule has 0 saturated carbocycles. The largest absolute Gasteiger partial charge is 0.493 e. The van der Waals surface area contributed by atoms with Crippen LogP contribution in [0, 0.1) is 13.8 Å². The summed E-state index contributed by atoms with van der Waals surface area (Å²) >= 11 is 0. The van der Waals surface area contributed by atoms with Crippen LogP contribution in [0.5, 0.6) is 11.5 Å². The van der Waals surface area contributed by atoms with Gasteiger partial charge in [-0.1, -0.05) is 23.8 Å². The van der Waals surface area contributed by atoms with Crippen molar-refractivity contribution in [2.75, 3.05) is 21.3 Å². The molecule has 0 aliphatic heterocycles. The molecule has 0 fully saturated rings. The van der Waals surface area contributed by atoms with Gasteiger partial charge in [0.15, 0.2) is 11.5 Å². The van der Waals surface area contributed by atoms with Gasteiger partial charge in [0.25, 0.3) is 5.91 Å². The Kier molecular flexibility index (Phi) is 5.27. The lowest BCUT2D eigenvalue weighted by Gasteiger charge is -2.19. The molecule has 0 saturated heterocycles. The predicted molar refractivity (Wildman–Crippen MR) is 91.3 cm³/mol. The first kappa shape index (κ1) is 16.9. The summed E-state index contributed by atoms with van der Waals surface area (Å²) in [5.74, 6) is 1.36. The fraction of sp³-hybridized carbons (Fsp3) is 0.316. The molecule has 0 spiro atoms. The van der Waals surface area contributed by atoms with Crippen molar-refractivity contribution in [3.8, 4) is 11.5 Å². The molecule has 2 aromatic rings. The molecule has 2 rings (SSSR count). The standard InChI is InChI=1S/C19H23NO3/c1-13-6-8-16(14(2)10-13)19(21)20(3)12-15-7-9-17(22-4)18(11-15)23-5/h6-11H,12H2,1-5H3. The topological polar surface area (TPSA) is 38.8 Å². The van der Waals surface area contributed by atoms with Crippen LogP contribution < -0.4 is 9.47 Å². The van der Waals surface area contributed by atoms with Crippen molar-refractivity contribution in [1.29, 1.82) is 0 Å². The highest BCUT2D eigenvalue weighted by Crippen LogP contribution is 2.28. The summed E-state index contributed by atoms with van der Waals surface area (Å²) in [5.41, 5.74) is 3.87. The van der Waals surface area contributed by atoms with Crippen LogP contribution in [0.2, 0.25) is 0 Å². The molecule has 0 aliphatic rings. The first-order chi connectivity index (χ1) is 11.0. The van der Waals surface area contributed by atoms with Crippen molar-refractivity contribution in [3.63, 3.8) is 0 Å². The van der Waals surface area contributed by atoms with Crippen LogP contribution >= 0.6 is 0 Å². The minimum Gasteiger partial charge on any atom is -0.493 e. The Hall–Kier alpha value is -2.49. The molecule has 0 radical (unpaired) electrons. The summed E-state index contributed by atoms with van der Waals surface area (Å²) in [6.07, 6.45) is 0. The molecule has 0 aromatic heterocycles. The Morgan fingerprint density at radius 3 is 2.30 bits per heavy atom. The molecule has 0 atom stereocenters. The van der Waals surface area contributed by atoms with E-state index in [9.17, 15) is 4.79 Å². The van der Waals surface area contributed by atoms with Gasteiger partial charge in [0, 0.05) is 19.2 Å². The number of carbonyl (C=O) groups is 1. The molecule has 0 bridgehead atoms. The maximum absolute atomic E-state index is 12.6. The highest BCUT2D eigenvalue weighted by atomic mass is 16.5. The number of benzene rings is 2. The summed E-state index contributed by atoms with van der Waals surface area (Å²) < 4.78 is 10.5. The van der Waals surface area contributed by atoms with Crippen LogP contribution in [0.3, 0.4) is 0 Å². The third kappa shape index (κ3) is 3.83. The predicted octanol–water partition coefficient (Wildman–Crippen LogP) is 3.59. The number of hydrogen-bond acceptors (Lipinski definition) is 3. The van der Waals surface area contributed by atoms with E-state index in [0.717, 1.165) is 22.3 Å². The molecular formula is C19H23NO3. The maximum Gasteiger partial charge on any atom is 0.254 e. The third-order valence-electron chi connectivity index (χ3n) is 3.83. The number of rotatable bonds is 5. The second-order valence-corrected chi connectivity index (χ2v) is 5.67. The van der Waals surface area contributed by atoms with Crippen LogP contribution in [0.1, 0.15) is 27.0 Å². The molecule has 4 nitrogen and oxygen atoms in total. The van der Waals surface area contributed by atoms with E-state index in [1.165, 1.54) is 0 Å². The van der Waals surface area contributed by atoms with Gasteiger partial charge in [-0.05, 0) is 43.2 Å². The van der Waals surface area contributed by atoms with Gasteiger partial charge in [-0.25, -0.2) is 0 Å². The SMILES string of the molecule is COc1ccc(CN(C)C(=O)c2ccc(C)cc2C)cc1OC. The first-order valence-electron chi connectivity index (χ1n) is 7.50. The molecule has 0 unspecified atom stereocenters. The van der Waals surface area contributed by atoms with E-state index in [1.54, 1.807) is 26.2 Å². The molecule has 0 N–H and O–H groups in total. The molecule has 23 heavy (non-hydrogen) atoms. The van der Waals surface area contributed by atoms with Crippen LogP contribution in [-0.4, -0.2) is 32.1 Å². The number of amides is 1. The molecule has 0 aliphatic carbocycles.